The van der Waals surface area contributed by atoms with Gasteiger partial charge in [0.05, 0.1) is 5.39 Å². The van der Waals surface area contributed by atoms with Crippen molar-refractivity contribution < 1.29 is 24.6 Å². The van der Waals surface area contributed by atoms with E-state index in [-0.39, 0.29) is 18.8 Å². The molecule has 0 fully saturated rings. The first-order valence-corrected chi connectivity index (χ1v) is 10.9. The Morgan fingerprint density at radius 1 is 1.09 bits per heavy atom. The average Bonchev–Trinajstić information content (AvgIpc) is 3.18. The van der Waals surface area contributed by atoms with Gasteiger partial charge in [0.1, 0.15) is 17.5 Å². The van der Waals surface area contributed by atoms with E-state index in [0.29, 0.717) is 22.9 Å². The Bertz CT molecular complexity index is 1190. The van der Waals surface area contributed by atoms with E-state index in [0.717, 1.165) is 35.8 Å². The SMILES string of the molecule is CCC(Cc1ccc(C(=O)N[C@@H](CCC(=O)O)C(=O)O)cc1)Cc1c[nH]c2nc(N)nc(N)c12. The molecule has 11 heteroatoms. The number of aliphatic carboxylic acids is 2. The highest BCUT2D eigenvalue weighted by Gasteiger charge is 2.22. The number of nitrogens with one attached hydrogen (secondary N) is 2. The number of H-pyrrole nitrogens is 1. The fourth-order valence-corrected chi connectivity index (χ4v) is 3.87. The van der Waals surface area contributed by atoms with Crippen LogP contribution in [0.1, 0.15) is 47.7 Å². The Labute approximate surface area is 195 Å². The standard InChI is InChI=1S/C23H28N6O5/c1-2-12(10-15-11-26-20-18(15)19(24)28-23(25)29-20)9-13-3-5-14(6-4-13)21(32)27-16(22(33)34)7-8-17(30)31/h3-6,11-12,16H,2,7-10H2,1H3,(H,27,32)(H,30,31)(H,33,34)(H5,24,25,26,28,29)/t12?,16-/m0/s1. The van der Waals surface area contributed by atoms with Crippen LogP contribution in [-0.4, -0.2) is 49.1 Å². The summed E-state index contributed by atoms with van der Waals surface area (Å²) in [7, 11) is 0. The van der Waals surface area contributed by atoms with Crippen LogP contribution in [0.3, 0.4) is 0 Å². The number of rotatable bonds is 11. The van der Waals surface area contributed by atoms with Crippen LogP contribution in [0.5, 0.6) is 0 Å². The van der Waals surface area contributed by atoms with Gasteiger partial charge in [-0.3, -0.25) is 9.59 Å². The van der Waals surface area contributed by atoms with E-state index in [1.165, 1.54) is 0 Å². The van der Waals surface area contributed by atoms with Crippen molar-refractivity contribution >= 4 is 40.6 Å². The Morgan fingerprint density at radius 2 is 1.79 bits per heavy atom. The van der Waals surface area contributed by atoms with E-state index < -0.39 is 23.9 Å². The Morgan fingerprint density at radius 3 is 2.41 bits per heavy atom. The minimum Gasteiger partial charge on any atom is -0.481 e. The van der Waals surface area contributed by atoms with Gasteiger partial charge in [0.15, 0.2) is 0 Å². The Kier molecular flexibility index (Phi) is 7.67. The first kappa shape index (κ1) is 24.5. The maximum absolute atomic E-state index is 12.4. The third-order valence-electron chi connectivity index (χ3n) is 5.74. The van der Waals surface area contributed by atoms with Crippen LogP contribution in [0.25, 0.3) is 11.0 Å². The highest BCUT2D eigenvalue weighted by atomic mass is 16.4. The second-order valence-electron chi connectivity index (χ2n) is 8.18. The summed E-state index contributed by atoms with van der Waals surface area (Å²) in [5.74, 6) is -2.21. The third kappa shape index (κ3) is 6.00. The third-order valence-corrected chi connectivity index (χ3v) is 5.74. The van der Waals surface area contributed by atoms with Gasteiger partial charge in [-0.1, -0.05) is 25.5 Å². The van der Waals surface area contributed by atoms with Crippen LogP contribution in [0.4, 0.5) is 11.8 Å². The number of hydrogen-bond acceptors (Lipinski definition) is 7. The van der Waals surface area contributed by atoms with E-state index in [4.69, 9.17) is 16.6 Å². The molecule has 3 rings (SSSR count). The van der Waals surface area contributed by atoms with Gasteiger partial charge in [-0.2, -0.15) is 9.97 Å². The molecular weight excluding hydrogens is 440 g/mol. The molecule has 3 aromatic rings. The Hall–Kier alpha value is -4.15. The van der Waals surface area contributed by atoms with Crippen molar-refractivity contribution in [3.63, 3.8) is 0 Å². The van der Waals surface area contributed by atoms with Crippen molar-refractivity contribution in [3.05, 3.63) is 47.2 Å². The number of amides is 1. The number of fused-ring (bicyclic) bond motifs is 1. The van der Waals surface area contributed by atoms with Gasteiger partial charge in [-0.15, -0.1) is 0 Å². The molecule has 0 saturated heterocycles. The molecule has 1 aromatic carbocycles. The number of carboxylic acid groups (broad SMARTS) is 2. The molecule has 0 spiro atoms. The lowest BCUT2D eigenvalue weighted by Gasteiger charge is -2.16. The van der Waals surface area contributed by atoms with Crippen LogP contribution in [0.15, 0.2) is 30.5 Å². The number of aromatic nitrogens is 3. The molecule has 8 N–H and O–H groups in total. The molecule has 2 atom stereocenters. The second kappa shape index (κ2) is 10.6. The van der Waals surface area contributed by atoms with Crippen molar-refractivity contribution in [3.8, 4) is 0 Å². The van der Waals surface area contributed by atoms with Crippen molar-refractivity contribution in [1.82, 2.24) is 20.3 Å². The van der Waals surface area contributed by atoms with Crippen molar-refractivity contribution in [1.29, 1.82) is 0 Å². The smallest absolute Gasteiger partial charge is 0.326 e. The van der Waals surface area contributed by atoms with Gasteiger partial charge in [0, 0.05) is 18.2 Å². The number of nitrogen functional groups attached to an aromatic ring is 2. The van der Waals surface area contributed by atoms with Gasteiger partial charge in [0.25, 0.3) is 5.91 Å². The average molecular weight is 469 g/mol. The van der Waals surface area contributed by atoms with Gasteiger partial charge >= 0.3 is 11.9 Å². The van der Waals surface area contributed by atoms with Gasteiger partial charge in [-0.05, 0) is 48.4 Å². The highest BCUT2D eigenvalue weighted by molar-refractivity contribution is 5.96. The van der Waals surface area contributed by atoms with Crippen LogP contribution in [0.2, 0.25) is 0 Å². The molecule has 1 unspecified atom stereocenters. The van der Waals surface area contributed by atoms with E-state index in [1.807, 2.05) is 18.3 Å². The molecule has 2 heterocycles. The minimum absolute atomic E-state index is 0.117. The number of nitrogens with zero attached hydrogens (tertiary/aromatic N) is 2. The molecule has 0 bridgehead atoms. The zero-order chi connectivity index (χ0) is 24.8. The predicted molar refractivity (Wildman–Crippen MR) is 126 cm³/mol. The lowest BCUT2D eigenvalue weighted by molar-refractivity contribution is -0.140. The predicted octanol–water partition coefficient (Wildman–Crippen LogP) is 1.98. The molecular formula is C23H28N6O5. The summed E-state index contributed by atoms with van der Waals surface area (Å²) in [4.78, 5) is 45.8. The quantitative estimate of drug-likeness (QED) is 0.243. The van der Waals surface area contributed by atoms with Crippen molar-refractivity contribution in [2.24, 2.45) is 5.92 Å². The highest BCUT2D eigenvalue weighted by Crippen LogP contribution is 2.27. The number of carbonyl (C=O) groups is 3. The molecule has 2 aromatic heterocycles. The minimum atomic E-state index is -1.27. The van der Waals surface area contributed by atoms with Crippen molar-refractivity contribution in [2.45, 2.75) is 45.1 Å². The summed E-state index contributed by atoms with van der Waals surface area (Å²) < 4.78 is 0. The number of anilines is 2. The molecule has 0 saturated carbocycles. The maximum atomic E-state index is 12.4. The van der Waals surface area contributed by atoms with Crippen LogP contribution in [-0.2, 0) is 22.4 Å². The normalized spacial score (nSPS) is 12.9. The van der Waals surface area contributed by atoms with Crippen LogP contribution < -0.4 is 16.8 Å². The summed E-state index contributed by atoms with van der Waals surface area (Å²) in [5, 5.41) is 21.1. The fraction of sp³-hybridized carbons (Fsp3) is 0.348. The topological polar surface area (TPSA) is 197 Å². The summed E-state index contributed by atoms with van der Waals surface area (Å²) in [6, 6.07) is 5.66. The first-order chi connectivity index (χ1) is 16.2. The lowest BCUT2D eigenvalue weighted by atomic mass is 9.90. The number of carboxylic acids is 2. The number of carbonyl (C=O) groups excluding carboxylic acids is 1. The monoisotopic (exact) mass is 468 g/mol. The molecule has 0 aliphatic rings. The molecule has 180 valence electrons. The second-order valence-corrected chi connectivity index (χ2v) is 8.18. The fourth-order valence-electron chi connectivity index (χ4n) is 3.87. The van der Waals surface area contributed by atoms with Gasteiger partial charge in [0.2, 0.25) is 5.95 Å². The van der Waals surface area contributed by atoms with E-state index in [1.54, 1.807) is 12.1 Å². The van der Waals surface area contributed by atoms with E-state index >= 15 is 0 Å². The molecule has 0 aliphatic carbocycles. The molecule has 0 radical (unpaired) electrons. The van der Waals surface area contributed by atoms with E-state index in [2.05, 4.69) is 27.2 Å². The summed E-state index contributed by atoms with van der Waals surface area (Å²) in [5.41, 5.74) is 14.7. The van der Waals surface area contributed by atoms with Crippen molar-refractivity contribution in [2.75, 3.05) is 11.5 Å². The summed E-state index contributed by atoms with van der Waals surface area (Å²) >= 11 is 0. The molecule has 0 aliphatic heterocycles. The molecule has 11 nitrogen and oxygen atoms in total. The number of benzene rings is 1. The molecule has 34 heavy (non-hydrogen) atoms. The zero-order valence-corrected chi connectivity index (χ0v) is 18.7. The summed E-state index contributed by atoms with van der Waals surface area (Å²) in [6.07, 6.45) is 3.75. The van der Waals surface area contributed by atoms with Crippen LogP contribution in [0, 0.1) is 5.92 Å². The zero-order valence-electron chi connectivity index (χ0n) is 18.7. The molecule has 1 amide bonds. The number of hydrogen-bond donors (Lipinski definition) is 6. The largest absolute Gasteiger partial charge is 0.481 e. The Balaban J connectivity index is 1.65. The first-order valence-electron chi connectivity index (χ1n) is 10.9. The number of aromatic amines is 1. The lowest BCUT2D eigenvalue weighted by Crippen LogP contribution is -2.41. The maximum Gasteiger partial charge on any atom is 0.326 e. The van der Waals surface area contributed by atoms with Crippen LogP contribution >= 0.6 is 0 Å². The van der Waals surface area contributed by atoms with E-state index in [9.17, 15) is 19.5 Å². The summed E-state index contributed by atoms with van der Waals surface area (Å²) in [6.45, 7) is 2.10. The van der Waals surface area contributed by atoms with Gasteiger partial charge < -0.3 is 32.0 Å². The number of nitrogens with two attached hydrogens (primary N) is 2. The van der Waals surface area contributed by atoms with Gasteiger partial charge in [-0.25, -0.2) is 4.79 Å².